The number of unbranched alkanes of at least 4 members (excludes halogenated alkanes) is 1. The first-order valence-electron chi connectivity index (χ1n) is 6.95. The van der Waals surface area contributed by atoms with Crippen LogP contribution in [0.25, 0.3) is 0 Å². The van der Waals surface area contributed by atoms with Crippen molar-refractivity contribution >= 4 is 18.0 Å². The summed E-state index contributed by atoms with van der Waals surface area (Å²) in [4.78, 5) is 22.9. The maximum atomic E-state index is 11.5. The van der Waals surface area contributed by atoms with Crippen LogP contribution in [0.1, 0.15) is 25.3 Å². The van der Waals surface area contributed by atoms with Crippen LogP contribution in [0.4, 0.5) is 0 Å². The molecule has 0 aliphatic carbocycles. The molecule has 0 unspecified atom stereocenters. The Morgan fingerprint density at radius 1 is 1.23 bits per heavy atom. The first-order valence-corrected chi connectivity index (χ1v) is 6.95. The van der Waals surface area contributed by atoms with Crippen molar-refractivity contribution in [3.8, 4) is 11.5 Å². The third-order valence-electron chi connectivity index (χ3n) is 2.83. The van der Waals surface area contributed by atoms with Gasteiger partial charge in [0.2, 0.25) is 0 Å². The molecule has 0 saturated heterocycles. The fourth-order valence-corrected chi connectivity index (χ4v) is 1.60. The molecule has 0 aliphatic rings. The lowest BCUT2D eigenvalue weighted by Gasteiger charge is -2.07. The average Bonchev–Trinajstić information content (AvgIpc) is 2.54. The number of hydrogen-bond donors (Lipinski definition) is 2. The van der Waals surface area contributed by atoms with E-state index in [4.69, 9.17) is 9.47 Å². The first kappa shape index (κ1) is 17.5. The van der Waals surface area contributed by atoms with Crippen LogP contribution in [-0.4, -0.2) is 38.8 Å². The highest BCUT2D eigenvalue weighted by molar-refractivity contribution is 6.35. The zero-order valence-corrected chi connectivity index (χ0v) is 13.0. The summed E-state index contributed by atoms with van der Waals surface area (Å²) in [6, 6.07) is 5.17. The van der Waals surface area contributed by atoms with Gasteiger partial charge in [-0.05, 0) is 18.6 Å². The maximum absolute atomic E-state index is 11.5. The largest absolute Gasteiger partial charge is 0.497 e. The summed E-state index contributed by atoms with van der Waals surface area (Å²) in [5.41, 5.74) is 2.82. The standard InChI is InChI=1S/C15H21N3O4/c1-4-5-8-16-14(19)15(20)18-17-10-11-6-7-12(21-2)9-13(11)22-3/h6-7,9-10H,4-5,8H2,1-3H3,(H,16,19)(H,18,20)/b17-10-. The van der Waals surface area contributed by atoms with Gasteiger partial charge in [-0.1, -0.05) is 13.3 Å². The van der Waals surface area contributed by atoms with Crippen LogP contribution in [0.15, 0.2) is 23.3 Å². The summed E-state index contributed by atoms with van der Waals surface area (Å²) in [5, 5.41) is 6.25. The van der Waals surface area contributed by atoms with Gasteiger partial charge < -0.3 is 14.8 Å². The van der Waals surface area contributed by atoms with Crippen molar-refractivity contribution in [3.05, 3.63) is 23.8 Å². The molecule has 0 saturated carbocycles. The Morgan fingerprint density at radius 3 is 2.64 bits per heavy atom. The minimum absolute atomic E-state index is 0.471. The van der Waals surface area contributed by atoms with E-state index in [9.17, 15) is 9.59 Å². The lowest BCUT2D eigenvalue weighted by Crippen LogP contribution is -2.38. The number of ether oxygens (including phenoxy) is 2. The average molecular weight is 307 g/mol. The molecule has 7 heteroatoms. The molecule has 0 radical (unpaired) electrons. The van der Waals surface area contributed by atoms with Gasteiger partial charge in [0.05, 0.1) is 20.4 Å². The molecule has 7 nitrogen and oxygen atoms in total. The number of carbonyl (C=O) groups excluding carboxylic acids is 2. The number of nitrogens with one attached hydrogen (secondary N) is 2. The summed E-state index contributed by atoms with van der Waals surface area (Å²) < 4.78 is 10.3. The zero-order chi connectivity index (χ0) is 16.4. The highest BCUT2D eigenvalue weighted by atomic mass is 16.5. The van der Waals surface area contributed by atoms with Gasteiger partial charge >= 0.3 is 11.8 Å². The van der Waals surface area contributed by atoms with E-state index in [0.717, 1.165) is 12.8 Å². The Kier molecular flexibility index (Phi) is 7.45. The number of hydrogen-bond acceptors (Lipinski definition) is 5. The molecule has 0 fully saturated rings. The topological polar surface area (TPSA) is 89.0 Å². The number of benzene rings is 1. The van der Waals surface area contributed by atoms with E-state index in [1.54, 1.807) is 25.3 Å². The third-order valence-corrected chi connectivity index (χ3v) is 2.83. The van der Waals surface area contributed by atoms with Gasteiger partial charge in [-0.15, -0.1) is 0 Å². The predicted octanol–water partition coefficient (Wildman–Crippen LogP) is 1.07. The van der Waals surface area contributed by atoms with Crippen LogP contribution in [0.2, 0.25) is 0 Å². The van der Waals surface area contributed by atoms with E-state index in [1.807, 2.05) is 6.92 Å². The van der Waals surface area contributed by atoms with Crippen LogP contribution >= 0.6 is 0 Å². The van der Waals surface area contributed by atoms with Crippen molar-refractivity contribution in [2.24, 2.45) is 5.10 Å². The SMILES string of the molecule is CCCCNC(=O)C(=O)N/N=C\c1ccc(OC)cc1OC. The fourth-order valence-electron chi connectivity index (χ4n) is 1.60. The number of carbonyl (C=O) groups is 2. The molecule has 22 heavy (non-hydrogen) atoms. The molecular weight excluding hydrogens is 286 g/mol. The number of hydrazone groups is 1. The minimum atomic E-state index is -0.806. The molecule has 2 amide bonds. The van der Waals surface area contributed by atoms with E-state index >= 15 is 0 Å². The second-order valence-corrected chi connectivity index (χ2v) is 4.42. The Bertz CT molecular complexity index is 544. The molecule has 0 heterocycles. The fraction of sp³-hybridized carbons (Fsp3) is 0.400. The van der Waals surface area contributed by atoms with Crippen LogP contribution < -0.4 is 20.2 Å². The summed E-state index contributed by atoms with van der Waals surface area (Å²) in [6.07, 6.45) is 3.16. The van der Waals surface area contributed by atoms with Crippen molar-refractivity contribution in [2.45, 2.75) is 19.8 Å². The Morgan fingerprint density at radius 2 is 2.00 bits per heavy atom. The van der Waals surface area contributed by atoms with Crippen LogP contribution in [0.3, 0.4) is 0 Å². The second kappa shape index (κ2) is 9.38. The number of amides is 2. The molecule has 120 valence electrons. The quantitative estimate of drug-likeness (QED) is 0.341. The van der Waals surface area contributed by atoms with E-state index < -0.39 is 11.8 Å². The van der Waals surface area contributed by atoms with Crippen molar-refractivity contribution in [1.82, 2.24) is 10.7 Å². The van der Waals surface area contributed by atoms with E-state index in [0.29, 0.717) is 23.6 Å². The summed E-state index contributed by atoms with van der Waals surface area (Å²) in [5.74, 6) is -0.315. The number of rotatable bonds is 7. The lowest BCUT2D eigenvalue weighted by molar-refractivity contribution is -0.139. The van der Waals surface area contributed by atoms with Gasteiger partial charge in [0.25, 0.3) is 0 Å². The van der Waals surface area contributed by atoms with Gasteiger partial charge in [0.1, 0.15) is 11.5 Å². The summed E-state index contributed by atoms with van der Waals surface area (Å²) >= 11 is 0. The molecular formula is C15H21N3O4. The number of nitrogens with zero attached hydrogens (tertiary/aromatic N) is 1. The molecule has 2 N–H and O–H groups in total. The van der Waals surface area contributed by atoms with Gasteiger partial charge in [0, 0.05) is 18.2 Å². The van der Waals surface area contributed by atoms with Crippen LogP contribution in [0.5, 0.6) is 11.5 Å². The van der Waals surface area contributed by atoms with Crippen molar-refractivity contribution in [1.29, 1.82) is 0 Å². The van der Waals surface area contributed by atoms with Gasteiger partial charge in [-0.3, -0.25) is 9.59 Å². The normalized spacial score (nSPS) is 10.3. The molecule has 0 aliphatic heterocycles. The monoisotopic (exact) mass is 307 g/mol. The molecule has 1 aromatic rings. The van der Waals surface area contributed by atoms with Crippen molar-refractivity contribution in [2.75, 3.05) is 20.8 Å². The Balaban J connectivity index is 2.58. The Hall–Kier alpha value is -2.57. The van der Waals surface area contributed by atoms with Crippen LogP contribution in [-0.2, 0) is 9.59 Å². The zero-order valence-electron chi connectivity index (χ0n) is 13.0. The molecule has 0 aromatic heterocycles. The van der Waals surface area contributed by atoms with Gasteiger partial charge in [-0.25, -0.2) is 5.43 Å². The summed E-state index contributed by atoms with van der Waals surface area (Å²) in [6.45, 7) is 2.47. The molecule has 1 rings (SSSR count). The highest BCUT2D eigenvalue weighted by Crippen LogP contribution is 2.22. The maximum Gasteiger partial charge on any atom is 0.329 e. The lowest BCUT2D eigenvalue weighted by atomic mass is 10.2. The van der Waals surface area contributed by atoms with E-state index in [2.05, 4.69) is 15.8 Å². The minimum Gasteiger partial charge on any atom is -0.497 e. The van der Waals surface area contributed by atoms with E-state index in [-0.39, 0.29) is 0 Å². The second-order valence-electron chi connectivity index (χ2n) is 4.42. The van der Waals surface area contributed by atoms with Crippen molar-refractivity contribution < 1.29 is 19.1 Å². The summed E-state index contributed by atoms with van der Waals surface area (Å²) in [7, 11) is 3.08. The van der Waals surface area contributed by atoms with E-state index in [1.165, 1.54) is 13.3 Å². The molecule has 0 spiro atoms. The smallest absolute Gasteiger partial charge is 0.329 e. The van der Waals surface area contributed by atoms with Crippen molar-refractivity contribution in [3.63, 3.8) is 0 Å². The predicted molar refractivity (Wildman–Crippen MR) is 83.2 cm³/mol. The third kappa shape index (κ3) is 5.43. The Labute approximate surface area is 129 Å². The molecule has 1 aromatic carbocycles. The highest BCUT2D eigenvalue weighted by Gasteiger charge is 2.11. The van der Waals surface area contributed by atoms with Crippen LogP contribution in [0, 0.1) is 0 Å². The molecule has 0 atom stereocenters. The van der Waals surface area contributed by atoms with Gasteiger partial charge in [-0.2, -0.15) is 5.10 Å². The van der Waals surface area contributed by atoms with Gasteiger partial charge in [0.15, 0.2) is 0 Å². The molecule has 0 bridgehead atoms. The number of methoxy groups -OCH3 is 2. The first-order chi connectivity index (χ1) is 10.6.